The van der Waals surface area contributed by atoms with Gasteiger partial charge in [0.2, 0.25) is 0 Å². The predicted molar refractivity (Wildman–Crippen MR) is 69.8 cm³/mol. The average Bonchev–Trinajstić information content (AvgIpc) is 2.60. The minimum Gasteiger partial charge on any atom is -0.388 e. The fourth-order valence-corrected chi connectivity index (χ4v) is 2.75. The van der Waals surface area contributed by atoms with Crippen molar-refractivity contribution < 1.29 is 5.11 Å². The van der Waals surface area contributed by atoms with E-state index in [1.807, 2.05) is 0 Å². The van der Waals surface area contributed by atoms with Crippen molar-refractivity contribution in [2.75, 3.05) is 5.73 Å². The van der Waals surface area contributed by atoms with Crippen LogP contribution < -0.4 is 5.73 Å². The van der Waals surface area contributed by atoms with Gasteiger partial charge in [-0.2, -0.15) is 0 Å². The molecule has 1 aromatic heterocycles. The number of hydrogen-bond donors (Lipinski definition) is 2. The second-order valence-electron chi connectivity index (χ2n) is 4.82. The number of nitrogen functional groups attached to an aromatic ring is 1. The van der Waals surface area contributed by atoms with E-state index in [0.717, 1.165) is 12.8 Å². The number of pyridine rings is 1. The number of halogens is 1. The van der Waals surface area contributed by atoms with Crippen LogP contribution in [0.2, 0.25) is 5.02 Å². The predicted octanol–water partition coefficient (Wildman–Crippen LogP) is 3.32. The minimum absolute atomic E-state index is 0.292. The Labute approximate surface area is 107 Å². The molecule has 0 spiro atoms. The molecule has 0 aliphatic heterocycles. The quantitative estimate of drug-likeness (QED) is 0.796. The van der Waals surface area contributed by atoms with Gasteiger partial charge in [0.25, 0.3) is 0 Å². The number of nitrogens with two attached hydrogens (primary N) is 1. The number of nitrogens with zero attached hydrogens (tertiary/aromatic N) is 1. The van der Waals surface area contributed by atoms with Crippen molar-refractivity contribution in [3.63, 3.8) is 0 Å². The zero-order valence-corrected chi connectivity index (χ0v) is 10.7. The second kappa shape index (κ2) is 5.69. The van der Waals surface area contributed by atoms with Crippen molar-refractivity contribution in [2.24, 2.45) is 5.92 Å². The van der Waals surface area contributed by atoms with E-state index in [-0.39, 0.29) is 0 Å². The van der Waals surface area contributed by atoms with Crippen molar-refractivity contribution in [3.8, 4) is 0 Å². The van der Waals surface area contributed by atoms with E-state index in [9.17, 15) is 5.11 Å². The fraction of sp³-hybridized carbons (Fsp3) is 0.615. The molecule has 0 saturated heterocycles. The standard InChI is InChI=1S/C13H19ClN2O/c14-10-7-11(13(15)16-8-10)12(17)9-5-3-1-2-4-6-9/h7-9,12,17H,1-6H2,(H2,15,16). The summed E-state index contributed by atoms with van der Waals surface area (Å²) >= 11 is 5.90. The molecule has 0 radical (unpaired) electrons. The molecule has 0 amide bonds. The Balaban J connectivity index is 2.16. The molecule has 1 saturated carbocycles. The van der Waals surface area contributed by atoms with Gasteiger partial charge in [-0.3, -0.25) is 0 Å². The number of hydrogen-bond acceptors (Lipinski definition) is 3. The van der Waals surface area contributed by atoms with Crippen LogP contribution in [0.5, 0.6) is 0 Å². The van der Waals surface area contributed by atoms with Crippen LogP contribution >= 0.6 is 11.6 Å². The van der Waals surface area contributed by atoms with Crippen LogP contribution in [0.1, 0.15) is 50.2 Å². The molecule has 1 heterocycles. The van der Waals surface area contributed by atoms with Gasteiger partial charge in [-0.15, -0.1) is 0 Å². The van der Waals surface area contributed by atoms with Crippen LogP contribution in [0.15, 0.2) is 12.3 Å². The third kappa shape index (κ3) is 3.11. The van der Waals surface area contributed by atoms with Gasteiger partial charge in [0, 0.05) is 11.8 Å². The summed E-state index contributed by atoms with van der Waals surface area (Å²) < 4.78 is 0. The zero-order chi connectivity index (χ0) is 12.3. The van der Waals surface area contributed by atoms with Crippen LogP contribution in [0.3, 0.4) is 0 Å². The lowest BCUT2D eigenvalue weighted by molar-refractivity contribution is 0.0992. The molecule has 0 aromatic carbocycles. The maximum atomic E-state index is 10.4. The first-order valence-corrected chi connectivity index (χ1v) is 6.65. The fourth-order valence-electron chi connectivity index (χ4n) is 2.58. The number of aliphatic hydroxyl groups excluding tert-OH is 1. The van der Waals surface area contributed by atoms with Crippen molar-refractivity contribution in [2.45, 2.75) is 44.6 Å². The van der Waals surface area contributed by atoms with Gasteiger partial charge in [0.05, 0.1) is 11.1 Å². The van der Waals surface area contributed by atoms with E-state index in [1.54, 1.807) is 6.07 Å². The van der Waals surface area contributed by atoms with Crippen LogP contribution in [0, 0.1) is 5.92 Å². The Morgan fingerprint density at radius 2 is 1.94 bits per heavy atom. The Morgan fingerprint density at radius 1 is 1.29 bits per heavy atom. The van der Waals surface area contributed by atoms with Gasteiger partial charge >= 0.3 is 0 Å². The lowest BCUT2D eigenvalue weighted by Gasteiger charge is -2.22. The molecule has 3 N–H and O–H groups in total. The van der Waals surface area contributed by atoms with Crippen LogP contribution in [-0.4, -0.2) is 10.1 Å². The summed E-state index contributed by atoms with van der Waals surface area (Å²) in [6, 6.07) is 1.74. The maximum absolute atomic E-state index is 10.4. The van der Waals surface area contributed by atoms with Crippen molar-refractivity contribution in [1.82, 2.24) is 4.98 Å². The highest BCUT2D eigenvalue weighted by molar-refractivity contribution is 6.30. The molecule has 1 aliphatic carbocycles. The van der Waals surface area contributed by atoms with Crippen molar-refractivity contribution in [1.29, 1.82) is 0 Å². The lowest BCUT2D eigenvalue weighted by atomic mass is 9.90. The Kier molecular flexibility index (Phi) is 4.24. The summed E-state index contributed by atoms with van der Waals surface area (Å²) in [4.78, 5) is 4.00. The minimum atomic E-state index is -0.528. The first-order valence-electron chi connectivity index (χ1n) is 6.27. The summed E-state index contributed by atoms with van der Waals surface area (Å²) in [6.45, 7) is 0. The highest BCUT2D eigenvalue weighted by atomic mass is 35.5. The van der Waals surface area contributed by atoms with Gasteiger partial charge in [-0.05, 0) is 24.8 Å². The Morgan fingerprint density at radius 3 is 2.59 bits per heavy atom. The first-order chi connectivity index (χ1) is 8.18. The van der Waals surface area contributed by atoms with Crippen LogP contribution in [-0.2, 0) is 0 Å². The van der Waals surface area contributed by atoms with E-state index < -0.39 is 6.10 Å². The van der Waals surface area contributed by atoms with Crippen LogP contribution in [0.25, 0.3) is 0 Å². The lowest BCUT2D eigenvalue weighted by Crippen LogP contribution is -2.14. The molecule has 17 heavy (non-hydrogen) atoms. The number of aliphatic hydroxyl groups is 1. The monoisotopic (exact) mass is 254 g/mol. The van der Waals surface area contributed by atoms with E-state index in [0.29, 0.717) is 22.3 Å². The van der Waals surface area contributed by atoms with Crippen LogP contribution in [0.4, 0.5) is 5.82 Å². The smallest absolute Gasteiger partial charge is 0.129 e. The van der Waals surface area contributed by atoms with E-state index in [4.69, 9.17) is 17.3 Å². The second-order valence-corrected chi connectivity index (χ2v) is 5.26. The molecule has 94 valence electrons. The highest BCUT2D eigenvalue weighted by Crippen LogP contribution is 2.35. The molecule has 1 atom stereocenters. The summed E-state index contributed by atoms with van der Waals surface area (Å²) in [5, 5.41) is 10.9. The van der Waals surface area contributed by atoms with Gasteiger partial charge in [0.1, 0.15) is 5.82 Å². The topological polar surface area (TPSA) is 59.1 Å². The summed E-state index contributed by atoms with van der Waals surface area (Å²) in [6.07, 6.45) is 8.03. The molecular weight excluding hydrogens is 236 g/mol. The number of anilines is 1. The van der Waals surface area contributed by atoms with Gasteiger partial charge in [-0.25, -0.2) is 4.98 Å². The molecule has 1 unspecified atom stereocenters. The van der Waals surface area contributed by atoms with Gasteiger partial charge < -0.3 is 10.8 Å². The van der Waals surface area contributed by atoms with E-state index in [2.05, 4.69) is 4.98 Å². The SMILES string of the molecule is Nc1ncc(Cl)cc1C(O)C1CCCCCC1. The van der Waals surface area contributed by atoms with E-state index >= 15 is 0 Å². The number of aromatic nitrogens is 1. The van der Waals surface area contributed by atoms with E-state index in [1.165, 1.54) is 31.9 Å². The zero-order valence-electron chi connectivity index (χ0n) is 9.90. The summed E-state index contributed by atoms with van der Waals surface area (Å²) in [5.41, 5.74) is 6.49. The number of rotatable bonds is 2. The largest absolute Gasteiger partial charge is 0.388 e. The highest BCUT2D eigenvalue weighted by Gasteiger charge is 2.24. The third-order valence-electron chi connectivity index (χ3n) is 3.58. The summed E-state index contributed by atoms with van der Waals surface area (Å²) in [5.74, 6) is 0.686. The van der Waals surface area contributed by atoms with Crippen molar-refractivity contribution >= 4 is 17.4 Å². The summed E-state index contributed by atoms with van der Waals surface area (Å²) in [7, 11) is 0. The average molecular weight is 255 g/mol. The molecule has 2 rings (SSSR count). The molecule has 1 aromatic rings. The third-order valence-corrected chi connectivity index (χ3v) is 3.79. The first kappa shape index (κ1) is 12.7. The maximum Gasteiger partial charge on any atom is 0.129 e. The normalized spacial score (nSPS) is 19.9. The Bertz CT molecular complexity index is 376. The van der Waals surface area contributed by atoms with Gasteiger partial charge in [0.15, 0.2) is 0 Å². The molecule has 1 aliphatic rings. The van der Waals surface area contributed by atoms with Crippen molar-refractivity contribution in [3.05, 3.63) is 22.8 Å². The Hall–Kier alpha value is -0.800. The molecule has 3 nitrogen and oxygen atoms in total. The van der Waals surface area contributed by atoms with Gasteiger partial charge in [-0.1, -0.05) is 37.3 Å². The molecule has 4 heteroatoms. The molecule has 1 fully saturated rings. The molecule has 0 bridgehead atoms. The molecular formula is C13H19ClN2O.